The Hall–Kier alpha value is -1.93. The van der Waals surface area contributed by atoms with Crippen LogP contribution in [0.3, 0.4) is 0 Å². The SMILES string of the molecule is O=C(O)Cc1cccc(NS(=O)(=O)c2cnc(C3CC3)s2)c1. The fraction of sp³-hybridized carbons (Fsp3) is 0.286. The first-order chi connectivity index (χ1) is 10.4. The number of anilines is 1. The van der Waals surface area contributed by atoms with Gasteiger partial charge >= 0.3 is 5.97 Å². The highest BCUT2D eigenvalue weighted by Gasteiger charge is 2.29. The molecule has 8 heteroatoms. The highest BCUT2D eigenvalue weighted by molar-refractivity contribution is 7.94. The van der Waals surface area contributed by atoms with Gasteiger partial charge in [0.25, 0.3) is 10.0 Å². The fourth-order valence-electron chi connectivity index (χ4n) is 2.04. The van der Waals surface area contributed by atoms with Crippen LogP contribution in [0.25, 0.3) is 0 Å². The number of carboxylic acid groups (broad SMARTS) is 1. The van der Waals surface area contributed by atoms with E-state index >= 15 is 0 Å². The summed E-state index contributed by atoms with van der Waals surface area (Å²) in [7, 11) is -3.68. The van der Waals surface area contributed by atoms with Crippen molar-refractivity contribution in [1.29, 1.82) is 0 Å². The van der Waals surface area contributed by atoms with E-state index in [1.165, 1.54) is 23.6 Å². The number of nitrogens with zero attached hydrogens (tertiary/aromatic N) is 1. The average Bonchev–Trinajstić information content (AvgIpc) is 3.14. The molecule has 2 aromatic rings. The molecule has 116 valence electrons. The van der Waals surface area contributed by atoms with Crippen molar-refractivity contribution in [1.82, 2.24) is 4.98 Å². The molecule has 0 atom stereocenters. The minimum absolute atomic E-state index is 0.151. The van der Waals surface area contributed by atoms with Crippen LogP contribution in [-0.2, 0) is 21.2 Å². The summed E-state index contributed by atoms with van der Waals surface area (Å²) in [6.07, 6.45) is 3.36. The normalized spacial score (nSPS) is 14.7. The van der Waals surface area contributed by atoms with Crippen molar-refractivity contribution in [3.63, 3.8) is 0 Å². The summed E-state index contributed by atoms with van der Waals surface area (Å²) in [6.45, 7) is 0. The van der Waals surface area contributed by atoms with Crippen LogP contribution in [0.15, 0.2) is 34.7 Å². The largest absolute Gasteiger partial charge is 0.481 e. The Kier molecular flexibility index (Phi) is 3.88. The molecular weight excluding hydrogens is 324 g/mol. The van der Waals surface area contributed by atoms with Crippen molar-refractivity contribution >= 4 is 33.0 Å². The number of hydrogen-bond acceptors (Lipinski definition) is 5. The van der Waals surface area contributed by atoms with E-state index in [0.717, 1.165) is 17.8 Å². The first kappa shape index (κ1) is 15.0. The van der Waals surface area contributed by atoms with Gasteiger partial charge in [-0.15, -0.1) is 11.3 Å². The van der Waals surface area contributed by atoms with Gasteiger partial charge in [-0.2, -0.15) is 0 Å². The van der Waals surface area contributed by atoms with E-state index in [-0.39, 0.29) is 10.6 Å². The number of benzene rings is 1. The number of rotatable bonds is 6. The zero-order chi connectivity index (χ0) is 15.7. The van der Waals surface area contributed by atoms with Gasteiger partial charge in [0, 0.05) is 11.6 Å². The van der Waals surface area contributed by atoms with Crippen LogP contribution in [0.4, 0.5) is 5.69 Å². The molecule has 0 unspecified atom stereocenters. The molecule has 1 fully saturated rings. The Morgan fingerprint density at radius 2 is 2.18 bits per heavy atom. The second kappa shape index (κ2) is 5.69. The number of carbonyl (C=O) groups is 1. The number of aliphatic carboxylic acids is 1. The van der Waals surface area contributed by atoms with E-state index in [1.807, 2.05) is 0 Å². The van der Waals surface area contributed by atoms with Crippen molar-refractivity contribution < 1.29 is 18.3 Å². The molecule has 3 rings (SSSR count). The van der Waals surface area contributed by atoms with Gasteiger partial charge in [0.1, 0.15) is 0 Å². The molecular formula is C14H14N2O4S2. The Labute approximate surface area is 131 Å². The summed E-state index contributed by atoms with van der Waals surface area (Å²) in [5, 5.41) is 9.64. The van der Waals surface area contributed by atoms with E-state index < -0.39 is 16.0 Å². The smallest absolute Gasteiger partial charge is 0.307 e. The molecule has 22 heavy (non-hydrogen) atoms. The Morgan fingerprint density at radius 1 is 1.41 bits per heavy atom. The maximum Gasteiger partial charge on any atom is 0.307 e. The van der Waals surface area contributed by atoms with Crippen molar-refractivity contribution in [2.75, 3.05) is 4.72 Å². The molecule has 1 aromatic carbocycles. The lowest BCUT2D eigenvalue weighted by Gasteiger charge is -2.07. The van der Waals surface area contributed by atoms with E-state index in [0.29, 0.717) is 17.2 Å². The van der Waals surface area contributed by atoms with E-state index in [2.05, 4.69) is 9.71 Å². The third kappa shape index (κ3) is 3.45. The molecule has 1 heterocycles. The average molecular weight is 338 g/mol. The second-order valence-electron chi connectivity index (χ2n) is 5.17. The van der Waals surface area contributed by atoms with Gasteiger partial charge in [0.2, 0.25) is 0 Å². The molecule has 0 bridgehead atoms. The Morgan fingerprint density at radius 3 is 2.86 bits per heavy atom. The molecule has 1 aliphatic carbocycles. The molecule has 0 spiro atoms. The topological polar surface area (TPSA) is 96.4 Å². The minimum Gasteiger partial charge on any atom is -0.481 e. The van der Waals surface area contributed by atoms with Crippen molar-refractivity contribution in [2.24, 2.45) is 0 Å². The highest BCUT2D eigenvalue weighted by Crippen LogP contribution is 2.42. The predicted molar refractivity (Wildman–Crippen MR) is 82.7 cm³/mol. The quantitative estimate of drug-likeness (QED) is 0.843. The van der Waals surface area contributed by atoms with Crippen LogP contribution >= 0.6 is 11.3 Å². The third-order valence-electron chi connectivity index (χ3n) is 3.23. The first-order valence-corrected chi connectivity index (χ1v) is 9.03. The van der Waals surface area contributed by atoms with E-state index in [4.69, 9.17) is 5.11 Å². The summed E-state index contributed by atoms with van der Waals surface area (Å²) in [4.78, 5) is 14.9. The second-order valence-corrected chi connectivity index (χ2v) is 8.14. The number of nitrogens with one attached hydrogen (secondary N) is 1. The summed E-state index contributed by atoms with van der Waals surface area (Å²) < 4.78 is 27.3. The summed E-state index contributed by atoms with van der Waals surface area (Å²) in [6, 6.07) is 6.38. The van der Waals surface area contributed by atoms with Gasteiger partial charge in [-0.3, -0.25) is 9.52 Å². The number of hydrogen-bond donors (Lipinski definition) is 2. The standard InChI is InChI=1S/C14H14N2O4S2/c17-12(18)7-9-2-1-3-11(6-9)16-22(19,20)13-8-15-14(21-13)10-4-5-10/h1-3,6,8,10,16H,4-5,7H2,(H,17,18). The molecule has 0 aliphatic heterocycles. The maximum atomic E-state index is 12.3. The van der Waals surface area contributed by atoms with Crippen molar-refractivity contribution in [2.45, 2.75) is 29.4 Å². The molecule has 1 saturated carbocycles. The number of aromatic nitrogens is 1. The van der Waals surface area contributed by atoms with Gasteiger partial charge in [-0.25, -0.2) is 13.4 Å². The summed E-state index contributed by atoms with van der Waals surface area (Å²) in [5.74, 6) is -0.551. The Bertz CT molecular complexity index is 810. The van der Waals surface area contributed by atoms with Crippen LogP contribution in [0, 0.1) is 0 Å². The van der Waals surface area contributed by atoms with E-state index in [9.17, 15) is 13.2 Å². The van der Waals surface area contributed by atoms with Crippen LogP contribution in [-0.4, -0.2) is 24.5 Å². The molecule has 2 N–H and O–H groups in total. The Balaban J connectivity index is 1.79. The monoisotopic (exact) mass is 338 g/mol. The van der Waals surface area contributed by atoms with E-state index in [1.54, 1.807) is 18.2 Å². The molecule has 0 radical (unpaired) electrons. The molecule has 6 nitrogen and oxygen atoms in total. The van der Waals surface area contributed by atoms with Crippen LogP contribution in [0.5, 0.6) is 0 Å². The number of carboxylic acids is 1. The van der Waals surface area contributed by atoms with Crippen LogP contribution in [0.1, 0.15) is 29.3 Å². The van der Waals surface area contributed by atoms with Gasteiger partial charge in [0.05, 0.1) is 17.6 Å². The zero-order valence-electron chi connectivity index (χ0n) is 11.5. The molecule has 1 aliphatic rings. The van der Waals surface area contributed by atoms with Gasteiger partial charge in [0.15, 0.2) is 4.21 Å². The molecule has 1 aromatic heterocycles. The molecule has 0 saturated heterocycles. The highest BCUT2D eigenvalue weighted by atomic mass is 32.2. The lowest BCUT2D eigenvalue weighted by molar-refractivity contribution is -0.136. The number of thiazole rings is 1. The van der Waals surface area contributed by atoms with Crippen LogP contribution in [0.2, 0.25) is 0 Å². The first-order valence-electron chi connectivity index (χ1n) is 6.73. The zero-order valence-corrected chi connectivity index (χ0v) is 13.2. The van der Waals surface area contributed by atoms with Crippen molar-refractivity contribution in [3.8, 4) is 0 Å². The van der Waals surface area contributed by atoms with Crippen molar-refractivity contribution in [3.05, 3.63) is 41.0 Å². The van der Waals surface area contributed by atoms with Gasteiger partial charge in [-0.05, 0) is 30.5 Å². The summed E-state index contributed by atoms with van der Waals surface area (Å²) >= 11 is 1.19. The predicted octanol–water partition coefficient (Wildman–Crippen LogP) is 2.45. The lowest BCUT2D eigenvalue weighted by atomic mass is 10.1. The third-order valence-corrected chi connectivity index (χ3v) is 6.23. The van der Waals surface area contributed by atoms with Gasteiger partial charge < -0.3 is 5.11 Å². The van der Waals surface area contributed by atoms with Crippen LogP contribution < -0.4 is 4.72 Å². The van der Waals surface area contributed by atoms with Gasteiger partial charge in [-0.1, -0.05) is 12.1 Å². The minimum atomic E-state index is -3.68. The fourth-order valence-corrected chi connectivity index (χ4v) is 4.41. The lowest BCUT2D eigenvalue weighted by Crippen LogP contribution is -2.12. The number of sulfonamides is 1. The maximum absolute atomic E-state index is 12.3. The molecule has 0 amide bonds. The summed E-state index contributed by atoms with van der Waals surface area (Å²) in [5.41, 5.74) is 0.885.